The summed E-state index contributed by atoms with van der Waals surface area (Å²) in [7, 11) is 0.0980. The maximum absolute atomic E-state index is 12.5. The molecule has 2 heterocycles. The van der Waals surface area contributed by atoms with Crippen LogP contribution in [-0.2, 0) is 9.84 Å². The maximum Gasteiger partial charge on any atom is 0.274 e. The van der Waals surface area contributed by atoms with Gasteiger partial charge in [0.25, 0.3) is 5.91 Å². The Morgan fingerprint density at radius 2 is 2.00 bits per heavy atom. The highest BCUT2D eigenvalue weighted by atomic mass is 32.2. The lowest BCUT2D eigenvalue weighted by Gasteiger charge is -2.13. The van der Waals surface area contributed by atoms with Gasteiger partial charge < -0.3 is 20.1 Å². The summed E-state index contributed by atoms with van der Waals surface area (Å²) in [5.74, 6) is 1.01. The molecule has 1 saturated heterocycles. The minimum Gasteiger partial charge on any atom is -0.497 e. The van der Waals surface area contributed by atoms with Gasteiger partial charge >= 0.3 is 0 Å². The largest absolute Gasteiger partial charge is 0.497 e. The van der Waals surface area contributed by atoms with Gasteiger partial charge in [0, 0.05) is 12.1 Å². The molecule has 1 aromatic heterocycles. The number of pyridine rings is 1. The van der Waals surface area contributed by atoms with Crippen molar-refractivity contribution in [3.05, 3.63) is 42.2 Å². The lowest BCUT2D eigenvalue weighted by molar-refractivity contribution is 0.102. The molecule has 1 fully saturated rings. The van der Waals surface area contributed by atoms with Gasteiger partial charge in [-0.15, -0.1) is 0 Å². The van der Waals surface area contributed by atoms with Gasteiger partial charge in [0.15, 0.2) is 9.84 Å². The van der Waals surface area contributed by atoms with E-state index in [1.54, 1.807) is 30.3 Å². The monoisotopic (exact) mass is 391 g/mol. The second-order valence-corrected chi connectivity index (χ2v) is 8.43. The van der Waals surface area contributed by atoms with Gasteiger partial charge in [0.05, 0.1) is 43.3 Å². The minimum absolute atomic E-state index is 0.116. The Kier molecular flexibility index (Phi) is 5.50. The highest BCUT2D eigenvalue weighted by Crippen LogP contribution is 2.29. The first-order valence-corrected chi connectivity index (χ1v) is 10.2. The second-order valence-electron chi connectivity index (χ2n) is 6.20. The lowest BCUT2D eigenvalue weighted by Crippen LogP contribution is -2.21. The van der Waals surface area contributed by atoms with Crippen LogP contribution in [0.15, 0.2) is 36.5 Å². The van der Waals surface area contributed by atoms with Gasteiger partial charge in [-0.3, -0.25) is 4.79 Å². The molecule has 3 rings (SSSR count). The fourth-order valence-corrected chi connectivity index (χ4v) is 4.53. The van der Waals surface area contributed by atoms with E-state index in [9.17, 15) is 13.2 Å². The number of hydrogen-bond acceptors (Lipinski definition) is 7. The summed E-state index contributed by atoms with van der Waals surface area (Å²) in [5, 5.41) is 5.89. The van der Waals surface area contributed by atoms with Gasteiger partial charge in [0.2, 0.25) is 0 Å². The molecule has 8 nitrogen and oxygen atoms in total. The Morgan fingerprint density at radius 1 is 1.19 bits per heavy atom. The van der Waals surface area contributed by atoms with Crippen LogP contribution >= 0.6 is 0 Å². The number of sulfone groups is 1. The molecular formula is C18H21N3O5S. The van der Waals surface area contributed by atoms with Crippen LogP contribution in [0.4, 0.5) is 11.4 Å². The van der Waals surface area contributed by atoms with Gasteiger partial charge in [0.1, 0.15) is 17.2 Å². The number of nitrogens with zero attached hydrogens (tertiary/aromatic N) is 1. The number of ether oxygens (including phenoxy) is 2. The van der Waals surface area contributed by atoms with Crippen molar-refractivity contribution in [1.82, 2.24) is 4.98 Å². The molecule has 0 bridgehead atoms. The Morgan fingerprint density at radius 3 is 2.59 bits per heavy atom. The zero-order valence-corrected chi connectivity index (χ0v) is 15.9. The molecule has 144 valence electrons. The molecule has 1 amide bonds. The van der Waals surface area contributed by atoms with Crippen LogP contribution in [0, 0.1) is 0 Å². The molecule has 2 aromatic rings. The van der Waals surface area contributed by atoms with Crippen molar-refractivity contribution in [3.63, 3.8) is 0 Å². The molecule has 1 aliphatic heterocycles. The average Bonchev–Trinajstić information content (AvgIpc) is 3.00. The number of aromatic nitrogens is 1. The summed E-state index contributed by atoms with van der Waals surface area (Å²) in [6, 6.07) is 8.25. The quantitative estimate of drug-likeness (QED) is 0.775. The summed E-state index contributed by atoms with van der Waals surface area (Å²) in [4.78, 5) is 16.6. The predicted octanol–water partition coefficient (Wildman–Crippen LogP) is 1.95. The summed E-state index contributed by atoms with van der Waals surface area (Å²) in [5.41, 5.74) is 1.37. The Balaban J connectivity index is 1.67. The van der Waals surface area contributed by atoms with Crippen molar-refractivity contribution in [2.45, 2.75) is 12.5 Å². The molecule has 9 heteroatoms. The maximum atomic E-state index is 12.5. The van der Waals surface area contributed by atoms with E-state index < -0.39 is 15.7 Å². The molecule has 0 spiro atoms. The van der Waals surface area contributed by atoms with E-state index in [1.807, 2.05) is 0 Å². The standard InChI is InChI=1S/C18H21N3O5S/c1-25-14-4-6-17(26-2)16(9-14)21-18(22)15-5-3-12(10-19-15)20-13-7-8-27(23,24)11-13/h3-6,9-10,13,20H,7-8,11H2,1-2H3,(H,21,22). The van der Waals surface area contributed by atoms with Crippen molar-refractivity contribution in [1.29, 1.82) is 0 Å². The molecule has 0 saturated carbocycles. The number of carbonyl (C=O) groups excluding carboxylic acids is 1. The van der Waals surface area contributed by atoms with Gasteiger partial charge in [-0.2, -0.15) is 0 Å². The fourth-order valence-electron chi connectivity index (χ4n) is 2.86. The first-order chi connectivity index (χ1) is 12.9. The second kappa shape index (κ2) is 7.83. The van der Waals surface area contributed by atoms with Gasteiger partial charge in [-0.05, 0) is 30.7 Å². The normalized spacial score (nSPS) is 17.9. The summed E-state index contributed by atoms with van der Waals surface area (Å²) in [6.07, 6.45) is 2.09. The number of carbonyl (C=O) groups is 1. The van der Waals surface area contributed by atoms with Crippen LogP contribution < -0.4 is 20.1 Å². The molecule has 1 unspecified atom stereocenters. The third-order valence-electron chi connectivity index (χ3n) is 4.25. The van der Waals surface area contributed by atoms with Crippen molar-refractivity contribution < 1.29 is 22.7 Å². The molecule has 1 aliphatic rings. The van der Waals surface area contributed by atoms with Gasteiger partial charge in [-0.25, -0.2) is 13.4 Å². The zero-order chi connectivity index (χ0) is 19.4. The third kappa shape index (κ3) is 4.68. The number of hydrogen-bond donors (Lipinski definition) is 2. The zero-order valence-electron chi connectivity index (χ0n) is 15.1. The summed E-state index contributed by atoms with van der Waals surface area (Å²) in [6.45, 7) is 0. The molecule has 27 heavy (non-hydrogen) atoms. The molecule has 1 aromatic carbocycles. The number of methoxy groups -OCH3 is 2. The predicted molar refractivity (Wildman–Crippen MR) is 102 cm³/mol. The van der Waals surface area contributed by atoms with Gasteiger partial charge in [-0.1, -0.05) is 0 Å². The van der Waals surface area contributed by atoms with Crippen LogP contribution in [0.1, 0.15) is 16.9 Å². The smallest absolute Gasteiger partial charge is 0.274 e. The molecule has 1 atom stereocenters. The van der Waals surface area contributed by atoms with E-state index in [0.717, 1.165) is 0 Å². The first-order valence-electron chi connectivity index (χ1n) is 8.36. The Hall–Kier alpha value is -2.81. The topological polar surface area (TPSA) is 107 Å². The molecule has 0 radical (unpaired) electrons. The van der Waals surface area contributed by atoms with E-state index in [2.05, 4.69) is 15.6 Å². The number of nitrogens with one attached hydrogen (secondary N) is 2. The summed E-state index contributed by atoms with van der Waals surface area (Å²) >= 11 is 0. The molecule has 2 N–H and O–H groups in total. The average molecular weight is 391 g/mol. The molecule has 0 aliphatic carbocycles. The number of rotatable bonds is 6. The van der Waals surface area contributed by atoms with Crippen LogP contribution in [0.3, 0.4) is 0 Å². The Labute approximate surface area is 157 Å². The minimum atomic E-state index is -2.95. The lowest BCUT2D eigenvalue weighted by atomic mass is 10.2. The SMILES string of the molecule is COc1ccc(OC)c(NC(=O)c2ccc(NC3CCS(=O)(=O)C3)cn2)c1. The number of amides is 1. The van der Waals surface area contributed by atoms with Crippen molar-refractivity contribution in [2.75, 3.05) is 36.4 Å². The van der Waals surface area contributed by atoms with Crippen LogP contribution in [0.5, 0.6) is 11.5 Å². The van der Waals surface area contributed by atoms with Crippen LogP contribution in [0.25, 0.3) is 0 Å². The Bertz CT molecular complexity index is 929. The highest BCUT2D eigenvalue weighted by Gasteiger charge is 2.27. The van der Waals surface area contributed by atoms with Crippen LogP contribution in [-0.4, -0.2) is 51.1 Å². The van der Waals surface area contributed by atoms with Crippen molar-refractivity contribution in [2.24, 2.45) is 0 Å². The van der Waals surface area contributed by atoms with Crippen molar-refractivity contribution in [3.8, 4) is 11.5 Å². The van der Waals surface area contributed by atoms with E-state index >= 15 is 0 Å². The fraction of sp³-hybridized carbons (Fsp3) is 0.333. The first kappa shape index (κ1) is 19.0. The molecular weight excluding hydrogens is 370 g/mol. The number of anilines is 2. The van der Waals surface area contributed by atoms with E-state index in [-0.39, 0.29) is 23.2 Å². The van der Waals surface area contributed by atoms with E-state index in [0.29, 0.717) is 29.3 Å². The summed E-state index contributed by atoms with van der Waals surface area (Å²) < 4.78 is 33.4. The van der Waals surface area contributed by atoms with E-state index in [4.69, 9.17) is 9.47 Å². The van der Waals surface area contributed by atoms with Crippen molar-refractivity contribution >= 4 is 27.1 Å². The van der Waals surface area contributed by atoms with Crippen LogP contribution in [0.2, 0.25) is 0 Å². The third-order valence-corrected chi connectivity index (χ3v) is 6.02. The highest BCUT2D eigenvalue weighted by molar-refractivity contribution is 7.91. The van der Waals surface area contributed by atoms with E-state index in [1.165, 1.54) is 20.4 Å². The number of benzene rings is 1.